The normalized spacial score (nSPS) is 17.8. The standard InChI is InChI=1S/C16H13ClO2/c1-10-7-8-13(17)12-9-14(19-16(18)15(10)12)11-5-3-2-4-6-11/h2-8,14H,9H2,1H3. The van der Waals surface area contributed by atoms with Crippen LogP contribution in [0.5, 0.6) is 0 Å². The van der Waals surface area contributed by atoms with E-state index in [-0.39, 0.29) is 12.1 Å². The van der Waals surface area contributed by atoms with Crippen molar-refractivity contribution >= 4 is 17.6 Å². The third kappa shape index (κ3) is 2.13. The number of benzene rings is 2. The van der Waals surface area contributed by atoms with E-state index in [1.807, 2.05) is 49.4 Å². The van der Waals surface area contributed by atoms with E-state index in [1.165, 1.54) is 0 Å². The zero-order valence-electron chi connectivity index (χ0n) is 10.5. The van der Waals surface area contributed by atoms with E-state index in [0.717, 1.165) is 16.7 Å². The number of rotatable bonds is 1. The van der Waals surface area contributed by atoms with Crippen LogP contribution in [0.3, 0.4) is 0 Å². The largest absolute Gasteiger partial charge is 0.454 e. The Hall–Kier alpha value is -1.80. The SMILES string of the molecule is Cc1ccc(Cl)c2c1C(=O)OC(c1ccccc1)C2. The van der Waals surface area contributed by atoms with Gasteiger partial charge in [-0.05, 0) is 29.7 Å². The number of carbonyl (C=O) groups excluding carboxylic acids is 1. The summed E-state index contributed by atoms with van der Waals surface area (Å²) in [6.45, 7) is 1.90. The summed E-state index contributed by atoms with van der Waals surface area (Å²) in [4.78, 5) is 12.2. The van der Waals surface area contributed by atoms with Gasteiger partial charge in [-0.25, -0.2) is 4.79 Å². The van der Waals surface area contributed by atoms with E-state index < -0.39 is 0 Å². The van der Waals surface area contributed by atoms with Crippen molar-refractivity contribution in [1.82, 2.24) is 0 Å². The highest BCUT2D eigenvalue weighted by atomic mass is 35.5. The molecule has 1 heterocycles. The van der Waals surface area contributed by atoms with E-state index in [9.17, 15) is 4.79 Å². The minimum Gasteiger partial charge on any atom is -0.454 e. The minimum atomic E-state index is -0.282. The number of hydrogen-bond acceptors (Lipinski definition) is 2. The fourth-order valence-electron chi connectivity index (χ4n) is 2.49. The topological polar surface area (TPSA) is 26.3 Å². The highest BCUT2D eigenvalue weighted by Gasteiger charge is 2.30. The van der Waals surface area contributed by atoms with Crippen molar-refractivity contribution in [2.45, 2.75) is 19.4 Å². The molecule has 0 saturated heterocycles. The molecular formula is C16H13ClO2. The molecule has 0 fully saturated rings. The molecule has 96 valence electrons. The van der Waals surface area contributed by atoms with Crippen molar-refractivity contribution in [3.05, 3.63) is 69.7 Å². The first-order chi connectivity index (χ1) is 9.16. The molecule has 1 unspecified atom stereocenters. The van der Waals surface area contributed by atoms with Gasteiger partial charge in [0, 0.05) is 11.4 Å². The summed E-state index contributed by atoms with van der Waals surface area (Å²) in [5.74, 6) is -0.282. The van der Waals surface area contributed by atoms with Crippen molar-refractivity contribution < 1.29 is 9.53 Å². The molecule has 0 bridgehead atoms. The van der Waals surface area contributed by atoms with Gasteiger partial charge in [-0.1, -0.05) is 48.0 Å². The van der Waals surface area contributed by atoms with Gasteiger partial charge in [0.2, 0.25) is 0 Å². The molecule has 19 heavy (non-hydrogen) atoms. The van der Waals surface area contributed by atoms with Gasteiger partial charge in [0.05, 0.1) is 5.56 Å². The van der Waals surface area contributed by atoms with Gasteiger partial charge in [0.15, 0.2) is 0 Å². The lowest BCUT2D eigenvalue weighted by Gasteiger charge is -2.26. The van der Waals surface area contributed by atoms with Crippen LogP contribution in [-0.4, -0.2) is 5.97 Å². The highest BCUT2D eigenvalue weighted by molar-refractivity contribution is 6.32. The molecule has 1 aliphatic rings. The molecule has 0 radical (unpaired) electrons. The fourth-order valence-corrected chi connectivity index (χ4v) is 2.73. The van der Waals surface area contributed by atoms with Crippen molar-refractivity contribution in [2.75, 3.05) is 0 Å². The van der Waals surface area contributed by atoms with Gasteiger partial charge < -0.3 is 4.74 Å². The maximum absolute atomic E-state index is 12.2. The van der Waals surface area contributed by atoms with Crippen LogP contribution < -0.4 is 0 Å². The second kappa shape index (κ2) is 4.71. The van der Waals surface area contributed by atoms with Gasteiger partial charge in [-0.3, -0.25) is 0 Å². The van der Waals surface area contributed by atoms with Gasteiger partial charge >= 0.3 is 5.97 Å². The lowest BCUT2D eigenvalue weighted by molar-refractivity contribution is 0.0252. The summed E-state index contributed by atoms with van der Waals surface area (Å²) in [6, 6.07) is 13.5. The number of hydrogen-bond donors (Lipinski definition) is 0. The smallest absolute Gasteiger partial charge is 0.339 e. The van der Waals surface area contributed by atoms with E-state index in [1.54, 1.807) is 0 Å². The van der Waals surface area contributed by atoms with Crippen molar-refractivity contribution in [3.63, 3.8) is 0 Å². The van der Waals surface area contributed by atoms with Gasteiger partial charge in [0.25, 0.3) is 0 Å². The van der Waals surface area contributed by atoms with Crippen LogP contribution in [0.25, 0.3) is 0 Å². The molecule has 2 nitrogen and oxygen atoms in total. The zero-order chi connectivity index (χ0) is 13.4. The Kier molecular flexibility index (Phi) is 3.03. The second-order valence-electron chi connectivity index (χ2n) is 4.73. The Morgan fingerprint density at radius 1 is 1.16 bits per heavy atom. The van der Waals surface area contributed by atoms with Gasteiger partial charge in [0.1, 0.15) is 6.10 Å². The first-order valence-electron chi connectivity index (χ1n) is 6.20. The predicted molar refractivity (Wildman–Crippen MR) is 74.5 cm³/mol. The molecule has 2 aromatic carbocycles. The lowest BCUT2D eigenvalue weighted by atomic mass is 9.92. The third-order valence-electron chi connectivity index (χ3n) is 3.48. The van der Waals surface area contributed by atoms with Crippen LogP contribution in [0.2, 0.25) is 5.02 Å². The average Bonchev–Trinajstić information content (AvgIpc) is 2.43. The van der Waals surface area contributed by atoms with Crippen LogP contribution in [-0.2, 0) is 11.2 Å². The van der Waals surface area contributed by atoms with Crippen LogP contribution in [0.1, 0.15) is 33.2 Å². The molecule has 0 aliphatic carbocycles. The number of cyclic esters (lactones) is 1. The van der Waals surface area contributed by atoms with Gasteiger partial charge in [-0.2, -0.15) is 0 Å². The first-order valence-corrected chi connectivity index (χ1v) is 6.58. The Bertz CT molecular complexity index is 635. The Morgan fingerprint density at radius 2 is 1.89 bits per heavy atom. The molecule has 0 N–H and O–H groups in total. The molecule has 1 atom stereocenters. The zero-order valence-corrected chi connectivity index (χ0v) is 11.3. The van der Waals surface area contributed by atoms with Gasteiger partial charge in [-0.15, -0.1) is 0 Å². The fraction of sp³-hybridized carbons (Fsp3) is 0.188. The van der Waals surface area contributed by atoms with Crippen molar-refractivity contribution in [2.24, 2.45) is 0 Å². The predicted octanol–water partition coefficient (Wildman–Crippen LogP) is 4.10. The average molecular weight is 273 g/mol. The Balaban J connectivity index is 2.05. The molecular weight excluding hydrogens is 260 g/mol. The molecule has 3 heteroatoms. The number of halogens is 1. The van der Waals surface area contributed by atoms with E-state index in [2.05, 4.69) is 0 Å². The third-order valence-corrected chi connectivity index (χ3v) is 3.83. The Labute approximate surface area is 117 Å². The minimum absolute atomic E-state index is 0.250. The highest BCUT2D eigenvalue weighted by Crippen LogP contribution is 2.35. The van der Waals surface area contributed by atoms with Crippen molar-refractivity contribution in [3.8, 4) is 0 Å². The summed E-state index contributed by atoms with van der Waals surface area (Å²) in [7, 11) is 0. The summed E-state index contributed by atoms with van der Waals surface area (Å²) < 4.78 is 5.54. The summed E-state index contributed by atoms with van der Waals surface area (Å²) in [5, 5.41) is 0.637. The summed E-state index contributed by atoms with van der Waals surface area (Å²) in [6.07, 6.45) is 0.381. The molecule has 0 spiro atoms. The van der Waals surface area contributed by atoms with E-state index in [4.69, 9.17) is 16.3 Å². The van der Waals surface area contributed by atoms with Crippen LogP contribution >= 0.6 is 11.6 Å². The number of carbonyl (C=O) groups is 1. The number of aryl methyl sites for hydroxylation is 1. The molecule has 0 aromatic heterocycles. The number of ether oxygens (including phenoxy) is 1. The molecule has 1 aliphatic heterocycles. The maximum atomic E-state index is 12.2. The molecule has 2 aromatic rings. The molecule has 0 saturated carbocycles. The summed E-state index contributed by atoms with van der Waals surface area (Å²) in [5.41, 5.74) is 3.43. The lowest BCUT2D eigenvalue weighted by Crippen LogP contribution is -2.23. The second-order valence-corrected chi connectivity index (χ2v) is 5.13. The van der Waals surface area contributed by atoms with E-state index >= 15 is 0 Å². The van der Waals surface area contributed by atoms with Crippen LogP contribution in [0.15, 0.2) is 42.5 Å². The number of esters is 1. The van der Waals surface area contributed by atoms with Crippen LogP contribution in [0, 0.1) is 6.92 Å². The summed E-state index contributed by atoms with van der Waals surface area (Å²) >= 11 is 6.22. The molecule has 0 amide bonds. The van der Waals surface area contributed by atoms with E-state index in [0.29, 0.717) is 17.0 Å². The Morgan fingerprint density at radius 3 is 2.63 bits per heavy atom. The van der Waals surface area contributed by atoms with Crippen LogP contribution in [0.4, 0.5) is 0 Å². The molecule has 3 rings (SSSR count). The maximum Gasteiger partial charge on any atom is 0.339 e. The quantitative estimate of drug-likeness (QED) is 0.731. The van der Waals surface area contributed by atoms with Crippen molar-refractivity contribution in [1.29, 1.82) is 0 Å². The number of fused-ring (bicyclic) bond motifs is 1. The monoisotopic (exact) mass is 272 g/mol. The first kappa shape index (κ1) is 12.2.